The molecule has 0 spiro atoms. The van der Waals surface area contributed by atoms with Crippen LogP contribution in [-0.4, -0.2) is 6.54 Å². The van der Waals surface area contributed by atoms with Crippen molar-refractivity contribution in [1.29, 1.82) is 0 Å². The van der Waals surface area contributed by atoms with Crippen molar-refractivity contribution in [3.8, 4) is 0 Å². The highest BCUT2D eigenvalue weighted by Crippen LogP contribution is 2.36. The molecule has 0 aromatic heterocycles. The van der Waals surface area contributed by atoms with Crippen LogP contribution in [0.2, 0.25) is 5.02 Å². The van der Waals surface area contributed by atoms with E-state index >= 15 is 0 Å². The first-order valence-corrected chi connectivity index (χ1v) is 8.10. The molecule has 0 aliphatic heterocycles. The maximum Gasteiger partial charge on any atom is 0.0438 e. The summed E-state index contributed by atoms with van der Waals surface area (Å²) in [6, 6.07) is 6.81. The van der Waals surface area contributed by atoms with Crippen molar-refractivity contribution in [3.05, 3.63) is 34.3 Å². The molecule has 1 aromatic carbocycles. The molecule has 2 heteroatoms. The normalized spacial score (nSPS) is 19.1. The monoisotopic (exact) mass is 279 g/mol. The van der Waals surface area contributed by atoms with Crippen LogP contribution in [0.1, 0.15) is 62.6 Å². The molecule has 1 unspecified atom stereocenters. The Kier molecular flexibility index (Phi) is 5.72. The summed E-state index contributed by atoms with van der Waals surface area (Å²) in [5.74, 6) is 0.764. The van der Waals surface area contributed by atoms with Gasteiger partial charge >= 0.3 is 0 Å². The number of benzene rings is 1. The third-order valence-electron chi connectivity index (χ3n) is 4.44. The minimum Gasteiger partial charge on any atom is -0.310 e. The molecule has 0 radical (unpaired) electrons. The van der Waals surface area contributed by atoms with Crippen LogP contribution in [0.15, 0.2) is 18.2 Å². The van der Waals surface area contributed by atoms with Crippen LogP contribution in [0.5, 0.6) is 0 Å². The topological polar surface area (TPSA) is 12.0 Å². The second-order valence-corrected chi connectivity index (χ2v) is 6.15. The Morgan fingerprint density at radius 3 is 2.53 bits per heavy atom. The summed E-state index contributed by atoms with van der Waals surface area (Å²) in [7, 11) is 0. The van der Waals surface area contributed by atoms with Crippen molar-refractivity contribution in [3.63, 3.8) is 0 Å². The fourth-order valence-electron chi connectivity index (χ4n) is 3.36. The Morgan fingerprint density at radius 2 is 1.89 bits per heavy atom. The molecule has 0 bridgehead atoms. The molecule has 106 valence electrons. The first-order chi connectivity index (χ1) is 9.24. The second kappa shape index (κ2) is 7.31. The van der Waals surface area contributed by atoms with Crippen molar-refractivity contribution < 1.29 is 0 Å². The van der Waals surface area contributed by atoms with Crippen LogP contribution in [0.3, 0.4) is 0 Å². The van der Waals surface area contributed by atoms with Gasteiger partial charge in [-0.15, -0.1) is 0 Å². The number of nitrogens with one attached hydrogen (secondary N) is 1. The molecule has 1 atom stereocenters. The van der Waals surface area contributed by atoms with Gasteiger partial charge in [-0.1, -0.05) is 56.3 Å². The first kappa shape index (κ1) is 14.9. The highest BCUT2D eigenvalue weighted by Gasteiger charge is 2.25. The van der Waals surface area contributed by atoms with E-state index in [0.29, 0.717) is 6.04 Å². The quantitative estimate of drug-likeness (QED) is 0.741. The molecule has 1 saturated carbocycles. The smallest absolute Gasteiger partial charge is 0.0438 e. The second-order valence-electron chi connectivity index (χ2n) is 5.74. The highest BCUT2D eigenvalue weighted by molar-refractivity contribution is 6.31. The summed E-state index contributed by atoms with van der Waals surface area (Å²) in [6.07, 6.45) is 8.28. The SMILES string of the molecule is CCNC(c1cccc(Cl)c1C)C1CCCCCC1. The fraction of sp³-hybridized carbons (Fsp3) is 0.647. The largest absolute Gasteiger partial charge is 0.310 e. The highest BCUT2D eigenvalue weighted by atomic mass is 35.5. The Labute approximate surface area is 122 Å². The predicted molar refractivity (Wildman–Crippen MR) is 83.8 cm³/mol. The molecule has 1 nitrogen and oxygen atoms in total. The van der Waals surface area contributed by atoms with Gasteiger partial charge in [-0.25, -0.2) is 0 Å². The number of hydrogen-bond acceptors (Lipinski definition) is 1. The zero-order valence-electron chi connectivity index (χ0n) is 12.2. The van der Waals surface area contributed by atoms with Gasteiger partial charge in [-0.3, -0.25) is 0 Å². The van der Waals surface area contributed by atoms with Gasteiger partial charge in [0.15, 0.2) is 0 Å². The van der Waals surface area contributed by atoms with Crippen LogP contribution < -0.4 is 5.32 Å². The van der Waals surface area contributed by atoms with Gasteiger partial charge in [0.1, 0.15) is 0 Å². The lowest BCUT2D eigenvalue weighted by Gasteiger charge is -2.29. The summed E-state index contributed by atoms with van der Waals surface area (Å²) in [5.41, 5.74) is 2.65. The lowest BCUT2D eigenvalue weighted by atomic mass is 9.85. The predicted octanol–water partition coefficient (Wildman–Crippen LogP) is 5.27. The molecule has 0 saturated heterocycles. The lowest BCUT2D eigenvalue weighted by molar-refractivity contribution is 0.329. The summed E-state index contributed by atoms with van der Waals surface area (Å²) in [6.45, 7) is 5.37. The van der Waals surface area contributed by atoms with E-state index in [2.05, 4.69) is 31.3 Å². The molecule has 0 heterocycles. The minimum absolute atomic E-state index is 0.474. The van der Waals surface area contributed by atoms with Crippen molar-refractivity contribution in [1.82, 2.24) is 5.32 Å². The summed E-state index contributed by atoms with van der Waals surface area (Å²) in [5, 5.41) is 4.60. The molecule has 0 amide bonds. The lowest BCUT2D eigenvalue weighted by Crippen LogP contribution is -2.28. The average molecular weight is 280 g/mol. The third kappa shape index (κ3) is 3.73. The number of rotatable bonds is 4. The van der Waals surface area contributed by atoms with Crippen molar-refractivity contribution >= 4 is 11.6 Å². The molecular weight excluding hydrogens is 254 g/mol. The van der Waals surface area contributed by atoms with Gasteiger partial charge in [0.05, 0.1) is 0 Å². The van der Waals surface area contributed by atoms with Gasteiger partial charge < -0.3 is 5.32 Å². The molecule has 2 rings (SSSR count). The Balaban J connectivity index is 2.25. The standard InChI is InChI=1S/C17H26ClN/c1-3-19-17(14-9-6-4-5-7-10-14)15-11-8-12-16(18)13(15)2/h8,11-12,14,17,19H,3-7,9-10H2,1-2H3. The maximum atomic E-state index is 6.30. The third-order valence-corrected chi connectivity index (χ3v) is 4.85. The molecule has 1 fully saturated rings. The van der Waals surface area contributed by atoms with Crippen LogP contribution in [0.4, 0.5) is 0 Å². The average Bonchev–Trinajstić information content (AvgIpc) is 2.68. The van der Waals surface area contributed by atoms with E-state index in [9.17, 15) is 0 Å². The zero-order chi connectivity index (χ0) is 13.7. The molecule has 19 heavy (non-hydrogen) atoms. The van der Waals surface area contributed by atoms with Gasteiger partial charge in [0.25, 0.3) is 0 Å². The Morgan fingerprint density at radius 1 is 1.21 bits per heavy atom. The van der Waals surface area contributed by atoms with Crippen LogP contribution in [0.25, 0.3) is 0 Å². The number of halogens is 1. The van der Waals surface area contributed by atoms with E-state index in [1.54, 1.807) is 0 Å². The molecule has 1 aliphatic carbocycles. The fourth-order valence-corrected chi connectivity index (χ4v) is 3.54. The maximum absolute atomic E-state index is 6.30. The molecule has 1 aromatic rings. The van der Waals surface area contributed by atoms with Crippen LogP contribution in [0, 0.1) is 12.8 Å². The zero-order valence-corrected chi connectivity index (χ0v) is 13.0. The summed E-state index contributed by atoms with van der Waals surface area (Å²) < 4.78 is 0. The van der Waals surface area contributed by atoms with Gasteiger partial charge in [-0.05, 0) is 49.4 Å². The van der Waals surface area contributed by atoms with Crippen molar-refractivity contribution in [2.45, 2.75) is 58.4 Å². The van der Waals surface area contributed by atoms with E-state index in [1.807, 2.05) is 6.07 Å². The van der Waals surface area contributed by atoms with E-state index in [-0.39, 0.29) is 0 Å². The molecule has 1 N–H and O–H groups in total. The summed E-state index contributed by atoms with van der Waals surface area (Å²) >= 11 is 6.30. The van der Waals surface area contributed by atoms with Crippen molar-refractivity contribution in [2.24, 2.45) is 5.92 Å². The minimum atomic E-state index is 0.474. The molecule has 1 aliphatic rings. The van der Waals surface area contributed by atoms with E-state index < -0.39 is 0 Å². The number of hydrogen-bond donors (Lipinski definition) is 1. The van der Waals surface area contributed by atoms with Gasteiger partial charge in [0, 0.05) is 11.1 Å². The van der Waals surface area contributed by atoms with Gasteiger partial charge in [-0.2, -0.15) is 0 Å². The Bertz CT molecular complexity index is 394. The van der Waals surface area contributed by atoms with E-state index in [4.69, 9.17) is 11.6 Å². The Hall–Kier alpha value is -0.530. The van der Waals surface area contributed by atoms with Crippen LogP contribution >= 0.6 is 11.6 Å². The molecular formula is C17H26ClN. The van der Waals surface area contributed by atoms with Gasteiger partial charge in [0.2, 0.25) is 0 Å². The first-order valence-electron chi connectivity index (χ1n) is 7.72. The van der Waals surface area contributed by atoms with Crippen molar-refractivity contribution in [2.75, 3.05) is 6.54 Å². The van der Waals surface area contributed by atoms with E-state index in [0.717, 1.165) is 17.5 Å². The summed E-state index contributed by atoms with van der Waals surface area (Å²) in [4.78, 5) is 0. The van der Waals surface area contributed by atoms with E-state index in [1.165, 1.54) is 49.7 Å². The van der Waals surface area contributed by atoms with Crippen LogP contribution in [-0.2, 0) is 0 Å².